The van der Waals surface area contributed by atoms with E-state index in [0.29, 0.717) is 25.7 Å². The molecule has 4 amide bonds. The molecule has 2 aliphatic heterocycles. The van der Waals surface area contributed by atoms with Crippen LogP contribution in [0.25, 0.3) is 10.6 Å². The average Bonchev–Trinajstić information content (AvgIpc) is 3.79. The van der Waals surface area contributed by atoms with Crippen molar-refractivity contribution in [1.82, 2.24) is 30.2 Å². The summed E-state index contributed by atoms with van der Waals surface area (Å²) in [6, 6.07) is 1.23. The molecular formula is C33H42N6O8S2. The van der Waals surface area contributed by atoms with Crippen LogP contribution in [0.1, 0.15) is 65.7 Å². The zero-order chi connectivity index (χ0) is 35.1. The topological polar surface area (TPSA) is 197 Å². The number of fused-ring (bicyclic) bond motifs is 2. The molecule has 2 saturated carbocycles. The van der Waals surface area contributed by atoms with Crippen LogP contribution < -0.4 is 20.1 Å². The number of aromatic nitrogens is 2. The van der Waals surface area contributed by atoms with Gasteiger partial charge in [-0.15, -0.1) is 11.3 Å². The molecule has 14 nitrogen and oxygen atoms in total. The van der Waals surface area contributed by atoms with Crippen LogP contribution >= 0.6 is 11.3 Å². The molecule has 264 valence electrons. The predicted octanol–water partition coefficient (Wildman–Crippen LogP) is 3.08. The second-order valence-electron chi connectivity index (χ2n) is 14.1. The first-order valence-electron chi connectivity index (χ1n) is 16.6. The standard InChI is InChI=1S/C33H42N6O8S2/c1-19-6-4-5-7-22-17-33(22,30(42)38-49(45,46)32(3)9-10-32)37-27(40)24-16-23(18-39(24)29(41)26(20(2)14-19)36-31(43)44)47-25-15-21(8-11-34-25)28-35-12-13-48-28/h5,7-8,11-13,15,19-20,22-24,26,36H,4,6,9-10,14,16-18H2,1-3H3,(H,37,40)(H,38,42)(H,43,44)/b7-5-/t19-,20-,22-,23-,24+,26+,33-/m1/s1. The summed E-state index contributed by atoms with van der Waals surface area (Å²) in [5, 5.41) is 17.5. The molecule has 2 aromatic rings. The van der Waals surface area contributed by atoms with Gasteiger partial charge in [0.15, 0.2) is 0 Å². The van der Waals surface area contributed by atoms with Gasteiger partial charge in [-0.2, -0.15) is 0 Å². The van der Waals surface area contributed by atoms with E-state index in [0.717, 1.165) is 17.0 Å². The molecule has 2 aliphatic carbocycles. The van der Waals surface area contributed by atoms with E-state index in [1.807, 2.05) is 31.4 Å². The number of sulfonamides is 1. The number of carbonyl (C=O) groups is 4. The number of pyridine rings is 1. The number of hydrogen-bond donors (Lipinski definition) is 4. The maximum atomic E-state index is 14.3. The summed E-state index contributed by atoms with van der Waals surface area (Å²) in [5.74, 6) is -2.50. The Morgan fingerprint density at radius 3 is 2.63 bits per heavy atom. The fraction of sp³-hybridized carbons (Fsp3) is 0.576. The number of carbonyl (C=O) groups excluding carboxylic acids is 3. The third-order valence-electron chi connectivity index (χ3n) is 10.2. The third-order valence-corrected chi connectivity index (χ3v) is 13.2. The van der Waals surface area contributed by atoms with E-state index >= 15 is 0 Å². The summed E-state index contributed by atoms with van der Waals surface area (Å²) < 4.78 is 33.5. The highest BCUT2D eigenvalue weighted by atomic mass is 32.2. The second-order valence-corrected chi connectivity index (χ2v) is 17.2. The Kier molecular flexibility index (Phi) is 9.48. The fourth-order valence-electron chi connectivity index (χ4n) is 6.87. The van der Waals surface area contributed by atoms with E-state index in [1.165, 1.54) is 16.2 Å². The van der Waals surface area contributed by atoms with Gasteiger partial charge in [0.25, 0.3) is 5.91 Å². The Hall–Kier alpha value is -4.05. The number of rotatable bonds is 7. The van der Waals surface area contributed by atoms with Crippen LogP contribution in [0.5, 0.6) is 5.88 Å². The molecule has 3 fully saturated rings. The molecule has 0 bridgehead atoms. The zero-order valence-electron chi connectivity index (χ0n) is 27.6. The van der Waals surface area contributed by atoms with Crippen molar-refractivity contribution in [3.8, 4) is 16.5 Å². The summed E-state index contributed by atoms with van der Waals surface area (Å²) >= 11 is 1.45. The highest BCUT2D eigenvalue weighted by Crippen LogP contribution is 2.47. The molecule has 1 saturated heterocycles. The van der Waals surface area contributed by atoms with Crippen molar-refractivity contribution < 1.29 is 37.4 Å². The molecule has 4 N–H and O–H groups in total. The van der Waals surface area contributed by atoms with Gasteiger partial charge in [0.1, 0.15) is 28.7 Å². The average molecular weight is 715 g/mol. The maximum absolute atomic E-state index is 14.3. The monoisotopic (exact) mass is 714 g/mol. The van der Waals surface area contributed by atoms with Gasteiger partial charge in [-0.3, -0.25) is 19.1 Å². The highest BCUT2D eigenvalue weighted by molar-refractivity contribution is 7.91. The van der Waals surface area contributed by atoms with Crippen LogP contribution in [0.2, 0.25) is 0 Å². The van der Waals surface area contributed by atoms with E-state index in [-0.39, 0.29) is 31.2 Å². The number of nitrogens with one attached hydrogen (secondary N) is 3. The molecule has 7 atom stereocenters. The first kappa shape index (κ1) is 34.8. The van der Waals surface area contributed by atoms with Gasteiger partial charge >= 0.3 is 6.09 Å². The van der Waals surface area contributed by atoms with Crippen molar-refractivity contribution in [3.05, 3.63) is 42.1 Å². The molecule has 6 rings (SSSR count). The number of hydrogen-bond acceptors (Lipinski definition) is 10. The molecule has 4 aliphatic rings. The molecule has 0 radical (unpaired) electrons. The number of amides is 4. The van der Waals surface area contributed by atoms with Gasteiger partial charge in [-0.25, -0.2) is 23.2 Å². The van der Waals surface area contributed by atoms with Crippen LogP contribution in [-0.2, 0) is 24.4 Å². The van der Waals surface area contributed by atoms with Gasteiger partial charge in [0.2, 0.25) is 27.7 Å². The SMILES string of the molecule is C[C@@H]1CC/C=C\[C@@H]2C[C@@]2(C(=O)NS(=O)(=O)C2(C)CC2)NC(=O)[C@@H]2C[C@@H](Oc3cc(-c4nccs4)ccn3)CN2C(=O)[C@@H](NC(=O)O)[C@H](C)C1. The minimum Gasteiger partial charge on any atom is -0.472 e. The molecule has 49 heavy (non-hydrogen) atoms. The largest absolute Gasteiger partial charge is 0.472 e. The molecular weight excluding hydrogens is 673 g/mol. The van der Waals surface area contributed by atoms with Crippen LogP contribution in [-0.4, -0.2) is 87.2 Å². The van der Waals surface area contributed by atoms with Crippen LogP contribution in [0.15, 0.2) is 42.1 Å². The Balaban J connectivity index is 1.31. The molecule has 2 aromatic heterocycles. The maximum Gasteiger partial charge on any atom is 0.405 e. The lowest BCUT2D eigenvalue weighted by Gasteiger charge is -2.32. The Morgan fingerprint density at radius 2 is 1.94 bits per heavy atom. The fourth-order valence-corrected chi connectivity index (χ4v) is 8.82. The quantitative estimate of drug-likeness (QED) is 0.310. The summed E-state index contributed by atoms with van der Waals surface area (Å²) in [6.45, 7) is 5.37. The third kappa shape index (κ3) is 7.30. The van der Waals surface area contributed by atoms with Crippen molar-refractivity contribution in [3.63, 3.8) is 0 Å². The first-order chi connectivity index (χ1) is 23.2. The van der Waals surface area contributed by atoms with Gasteiger partial charge in [-0.05, 0) is 63.4 Å². The van der Waals surface area contributed by atoms with Crippen LogP contribution in [0.3, 0.4) is 0 Å². The Morgan fingerprint density at radius 1 is 1.16 bits per heavy atom. The minimum atomic E-state index is -3.99. The lowest BCUT2D eigenvalue weighted by molar-refractivity contribution is -0.142. The highest BCUT2D eigenvalue weighted by Gasteiger charge is 2.63. The lowest BCUT2D eigenvalue weighted by Crippen LogP contribution is -2.59. The smallest absolute Gasteiger partial charge is 0.405 e. The predicted molar refractivity (Wildman–Crippen MR) is 180 cm³/mol. The lowest BCUT2D eigenvalue weighted by atomic mass is 9.88. The minimum absolute atomic E-state index is 0.0277. The van der Waals surface area contributed by atoms with Crippen molar-refractivity contribution in [1.29, 1.82) is 0 Å². The summed E-state index contributed by atoms with van der Waals surface area (Å²) in [7, 11) is -3.99. The van der Waals surface area contributed by atoms with Gasteiger partial charge in [0, 0.05) is 41.7 Å². The molecule has 16 heteroatoms. The van der Waals surface area contributed by atoms with E-state index in [1.54, 1.807) is 31.5 Å². The van der Waals surface area contributed by atoms with E-state index in [4.69, 9.17) is 4.74 Å². The van der Waals surface area contributed by atoms with Gasteiger partial charge in [-0.1, -0.05) is 26.0 Å². The van der Waals surface area contributed by atoms with Crippen molar-refractivity contribution >= 4 is 45.2 Å². The number of ether oxygens (including phenoxy) is 1. The Bertz CT molecular complexity index is 1750. The Labute approximate surface area is 289 Å². The summed E-state index contributed by atoms with van der Waals surface area (Å²) in [4.78, 5) is 64.0. The molecule has 0 unspecified atom stereocenters. The van der Waals surface area contributed by atoms with E-state index in [9.17, 15) is 32.7 Å². The second kappa shape index (κ2) is 13.3. The van der Waals surface area contributed by atoms with Crippen LogP contribution in [0.4, 0.5) is 4.79 Å². The normalized spacial score (nSPS) is 31.9. The van der Waals surface area contributed by atoms with E-state index < -0.39 is 74.1 Å². The molecule has 0 spiro atoms. The number of nitrogens with zero attached hydrogens (tertiary/aromatic N) is 3. The van der Waals surface area contributed by atoms with Crippen LogP contribution in [0, 0.1) is 17.8 Å². The number of allylic oxidation sites excluding steroid dienone is 1. The number of thiazole rings is 1. The van der Waals surface area contributed by atoms with Crippen molar-refractivity contribution in [2.45, 2.75) is 94.2 Å². The van der Waals surface area contributed by atoms with Crippen molar-refractivity contribution in [2.75, 3.05) is 6.54 Å². The van der Waals surface area contributed by atoms with E-state index in [2.05, 4.69) is 25.3 Å². The van der Waals surface area contributed by atoms with Gasteiger partial charge < -0.3 is 25.4 Å². The zero-order valence-corrected chi connectivity index (χ0v) is 29.3. The van der Waals surface area contributed by atoms with Crippen molar-refractivity contribution in [2.24, 2.45) is 17.8 Å². The number of carboxylic acid groups (broad SMARTS) is 1. The summed E-state index contributed by atoms with van der Waals surface area (Å²) in [5.41, 5.74) is -0.743. The molecule has 4 heterocycles. The van der Waals surface area contributed by atoms with Gasteiger partial charge in [0.05, 0.1) is 11.3 Å². The molecule has 0 aromatic carbocycles. The first-order valence-corrected chi connectivity index (χ1v) is 19.0. The summed E-state index contributed by atoms with van der Waals surface area (Å²) in [6.07, 6.45) is 8.01.